The normalized spacial score (nSPS) is 21.2. The van der Waals surface area contributed by atoms with E-state index in [2.05, 4.69) is 10.6 Å². The molecule has 5 nitrogen and oxygen atoms in total. The number of halogens is 1. The van der Waals surface area contributed by atoms with E-state index in [1.807, 2.05) is 24.3 Å². The molecular weight excluding hydrogens is 340 g/mol. The highest BCUT2D eigenvalue weighted by Gasteiger charge is 2.17. The van der Waals surface area contributed by atoms with Crippen molar-refractivity contribution in [2.75, 3.05) is 31.6 Å². The molecule has 1 atom stereocenters. The molecule has 3 rings (SSSR count). The maximum absolute atomic E-state index is 12.1. The number of nitrogens with one attached hydrogen (secondary N) is 2. The number of rotatable bonds is 6. The Hall–Kier alpha value is -1.30. The highest BCUT2D eigenvalue weighted by atomic mass is 35.5. The van der Waals surface area contributed by atoms with Crippen LogP contribution in [0.25, 0.3) is 0 Å². The molecule has 6 heteroatoms. The zero-order valence-electron chi connectivity index (χ0n) is 14.7. The third-order valence-electron chi connectivity index (χ3n) is 4.78. The lowest BCUT2D eigenvalue weighted by molar-refractivity contribution is -0.117. The molecule has 0 bridgehead atoms. The van der Waals surface area contributed by atoms with E-state index in [-0.39, 0.29) is 24.4 Å². The molecule has 2 saturated heterocycles. The smallest absolute Gasteiger partial charge is 0.224 e. The van der Waals surface area contributed by atoms with E-state index < -0.39 is 0 Å². The van der Waals surface area contributed by atoms with Gasteiger partial charge in [-0.25, -0.2) is 0 Å². The van der Waals surface area contributed by atoms with E-state index in [0.717, 1.165) is 56.8 Å². The molecule has 2 fully saturated rings. The van der Waals surface area contributed by atoms with Crippen molar-refractivity contribution in [3.8, 4) is 5.75 Å². The summed E-state index contributed by atoms with van der Waals surface area (Å²) in [4.78, 5) is 12.1. The Morgan fingerprint density at radius 1 is 1.16 bits per heavy atom. The Balaban J connectivity index is 0.00000225. The summed E-state index contributed by atoms with van der Waals surface area (Å²) in [5.41, 5.74) is 0.829. The standard InChI is InChI=1S/C19H28N2O3.ClH/c22-19(13-15-8-10-20-11-9-15)21-16-4-6-17(7-5-16)24-14-18-3-1-2-12-23-18;/h4-7,15,18,20H,1-3,8-14H2,(H,21,22);1H. The van der Waals surface area contributed by atoms with Crippen LogP contribution in [0.4, 0.5) is 5.69 Å². The number of carbonyl (C=O) groups is 1. The molecule has 1 aromatic carbocycles. The van der Waals surface area contributed by atoms with Crippen molar-refractivity contribution in [1.82, 2.24) is 5.32 Å². The van der Waals surface area contributed by atoms with E-state index in [0.29, 0.717) is 18.9 Å². The van der Waals surface area contributed by atoms with Crippen molar-refractivity contribution in [3.05, 3.63) is 24.3 Å². The van der Waals surface area contributed by atoms with E-state index in [4.69, 9.17) is 9.47 Å². The quantitative estimate of drug-likeness (QED) is 0.808. The van der Waals surface area contributed by atoms with Crippen LogP contribution < -0.4 is 15.4 Å². The number of amides is 1. The predicted molar refractivity (Wildman–Crippen MR) is 102 cm³/mol. The number of anilines is 1. The number of hydrogen-bond acceptors (Lipinski definition) is 4. The molecule has 2 heterocycles. The van der Waals surface area contributed by atoms with Crippen molar-refractivity contribution in [1.29, 1.82) is 0 Å². The Morgan fingerprint density at radius 3 is 2.60 bits per heavy atom. The molecule has 0 spiro atoms. The Labute approximate surface area is 156 Å². The highest BCUT2D eigenvalue weighted by Crippen LogP contribution is 2.20. The summed E-state index contributed by atoms with van der Waals surface area (Å²) in [5, 5.41) is 6.31. The maximum atomic E-state index is 12.1. The zero-order valence-corrected chi connectivity index (χ0v) is 15.5. The van der Waals surface area contributed by atoms with Gasteiger partial charge < -0.3 is 20.1 Å². The summed E-state index contributed by atoms with van der Waals surface area (Å²) in [7, 11) is 0. The first-order valence-electron chi connectivity index (χ1n) is 9.14. The van der Waals surface area contributed by atoms with Crippen molar-refractivity contribution in [3.63, 3.8) is 0 Å². The summed E-state index contributed by atoms with van der Waals surface area (Å²) in [6.45, 7) is 3.49. The summed E-state index contributed by atoms with van der Waals surface area (Å²) in [6, 6.07) is 7.61. The zero-order chi connectivity index (χ0) is 16.6. The first-order chi connectivity index (χ1) is 11.8. The van der Waals surface area contributed by atoms with Gasteiger partial charge in [0.15, 0.2) is 0 Å². The maximum Gasteiger partial charge on any atom is 0.224 e. The van der Waals surface area contributed by atoms with E-state index in [9.17, 15) is 4.79 Å². The lowest BCUT2D eigenvalue weighted by atomic mass is 9.94. The number of carbonyl (C=O) groups excluding carboxylic acids is 1. The van der Waals surface area contributed by atoms with Gasteiger partial charge in [0.1, 0.15) is 12.4 Å². The van der Waals surface area contributed by atoms with Gasteiger partial charge in [-0.15, -0.1) is 12.4 Å². The minimum absolute atomic E-state index is 0. The minimum Gasteiger partial charge on any atom is -0.491 e. The second-order valence-corrected chi connectivity index (χ2v) is 6.77. The second kappa shape index (κ2) is 10.6. The topological polar surface area (TPSA) is 59.6 Å². The van der Waals surface area contributed by atoms with E-state index in [1.165, 1.54) is 6.42 Å². The molecule has 2 aliphatic heterocycles. The van der Waals surface area contributed by atoms with Gasteiger partial charge in [-0.05, 0) is 75.4 Å². The van der Waals surface area contributed by atoms with Gasteiger partial charge in [0, 0.05) is 18.7 Å². The van der Waals surface area contributed by atoms with Crippen molar-refractivity contribution in [2.24, 2.45) is 5.92 Å². The summed E-state index contributed by atoms with van der Waals surface area (Å²) >= 11 is 0. The first kappa shape index (κ1) is 20.0. The highest BCUT2D eigenvalue weighted by molar-refractivity contribution is 5.90. The molecule has 0 radical (unpaired) electrons. The molecular formula is C19H29ClN2O3. The Morgan fingerprint density at radius 2 is 1.92 bits per heavy atom. The third-order valence-corrected chi connectivity index (χ3v) is 4.78. The van der Waals surface area contributed by atoms with Gasteiger partial charge in [-0.2, -0.15) is 0 Å². The monoisotopic (exact) mass is 368 g/mol. The lowest BCUT2D eigenvalue weighted by Crippen LogP contribution is -2.30. The van der Waals surface area contributed by atoms with Gasteiger partial charge in [0.25, 0.3) is 0 Å². The fourth-order valence-electron chi connectivity index (χ4n) is 3.32. The molecule has 1 unspecified atom stereocenters. The number of benzene rings is 1. The summed E-state index contributed by atoms with van der Waals surface area (Å²) < 4.78 is 11.4. The lowest BCUT2D eigenvalue weighted by Gasteiger charge is -2.22. The van der Waals surface area contributed by atoms with Crippen LogP contribution in [0.1, 0.15) is 38.5 Å². The molecule has 1 aromatic rings. The molecule has 140 valence electrons. The first-order valence-corrected chi connectivity index (χ1v) is 9.14. The van der Waals surface area contributed by atoms with Gasteiger partial charge in [-0.1, -0.05) is 0 Å². The van der Waals surface area contributed by atoms with Crippen LogP contribution in [-0.4, -0.2) is 38.3 Å². The molecule has 0 saturated carbocycles. The van der Waals surface area contributed by atoms with Gasteiger partial charge in [-0.3, -0.25) is 4.79 Å². The molecule has 25 heavy (non-hydrogen) atoms. The van der Waals surface area contributed by atoms with Crippen LogP contribution in [0.3, 0.4) is 0 Å². The van der Waals surface area contributed by atoms with Crippen LogP contribution in [0.5, 0.6) is 5.75 Å². The third kappa shape index (κ3) is 6.84. The average Bonchev–Trinajstić information content (AvgIpc) is 2.63. The average molecular weight is 369 g/mol. The number of piperidine rings is 1. The van der Waals surface area contributed by atoms with E-state index in [1.54, 1.807) is 0 Å². The summed E-state index contributed by atoms with van der Waals surface area (Å²) in [6.07, 6.45) is 6.44. The Kier molecular flexibility index (Phi) is 8.52. The van der Waals surface area contributed by atoms with Gasteiger partial charge in [0.2, 0.25) is 5.91 Å². The number of hydrogen-bond donors (Lipinski definition) is 2. The fraction of sp³-hybridized carbons (Fsp3) is 0.632. The van der Waals surface area contributed by atoms with Crippen LogP contribution >= 0.6 is 12.4 Å². The largest absolute Gasteiger partial charge is 0.491 e. The number of ether oxygens (including phenoxy) is 2. The van der Waals surface area contributed by atoms with E-state index >= 15 is 0 Å². The van der Waals surface area contributed by atoms with Crippen LogP contribution in [0.2, 0.25) is 0 Å². The minimum atomic E-state index is 0. The molecule has 0 aliphatic carbocycles. The predicted octanol–water partition coefficient (Wildman–Crippen LogP) is 3.38. The van der Waals surface area contributed by atoms with Gasteiger partial charge in [0.05, 0.1) is 6.10 Å². The second-order valence-electron chi connectivity index (χ2n) is 6.77. The van der Waals surface area contributed by atoms with Gasteiger partial charge >= 0.3 is 0 Å². The van der Waals surface area contributed by atoms with Crippen molar-refractivity contribution >= 4 is 24.0 Å². The fourth-order valence-corrected chi connectivity index (χ4v) is 3.32. The van der Waals surface area contributed by atoms with Crippen LogP contribution in [0.15, 0.2) is 24.3 Å². The SMILES string of the molecule is Cl.O=C(CC1CCNCC1)Nc1ccc(OCC2CCCCO2)cc1. The molecule has 1 amide bonds. The molecule has 0 aromatic heterocycles. The van der Waals surface area contributed by atoms with Crippen LogP contribution in [-0.2, 0) is 9.53 Å². The van der Waals surface area contributed by atoms with Crippen molar-refractivity contribution in [2.45, 2.75) is 44.6 Å². The molecule has 2 N–H and O–H groups in total. The van der Waals surface area contributed by atoms with Crippen LogP contribution in [0, 0.1) is 5.92 Å². The van der Waals surface area contributed by atoms with Crippen molar-refractivity contribution < 1.29 is 14.3 Å². The molecule has 2 aliphatic rings. The Bertz CT molecular complexity index is 512. The summed E-state index contributed by atoms with van der Waals surface area (Å²) in [5.74, 6) is 1.43.